The lowest BCUT2D eigenvalue weighted by atomic mass is 10.1. The molecule has 0 aromatic carbocycles. The van der Waals surface area contributed by atoms with E-state index in [1.54, 1.807) is 46.6 Å². The number of hydrogen-bond donors (Lipinski definition) is 1. The van der Waals surface area contributed by atoms with Gasteiger partial charge in [0.2, 0.25) is 0 Å². The third kappa shape index (κ3) is 11.9. The fraction of sp³-hybridized carbons (Fsp3) is 0.895. The number of esters is 1. The van der Waals surface area contributed by atoms with E-state index >= 15 is 0 Å². The lowest BCUT2D eigenvalue weighted by Crippen LogP contribution is -2.50. The summed E-state index contributed by atoms with van der Waals surface area (Å²) < 4.78 is 39.4. The van der Waals surface area contributed by atoms with Gasteiger partial charge in [-0.3, -0.25) is 23.8 Å². The predicted molar refractivity (Wildman–Crippen MR) is 111 cm³/mol. The van der Waals surface area contributed by atoms with Crippen molar-refractivity contribution in [3.05, 3.63) is 0 Å². The van der Waals surface area contributed by atoms with Crippen LogP contribution in [-0.2, 0) is 32.4 Å². The minimum atomic E-state index is -3.79. The fourth-order valence-electron chi connectivity index (χ4n) is 2.69. The normalized spacial score (nSPS) is 18.7. The Morgan fingerprint density at radius 1 is 1.10 bits per heavy atom. The van der Waals surface area contributed by atoms with Crippen molar-refractivity contribution in [1.29, 1.82) is 0 Å². The third-order valence-corrected chi connectivity index (χ3v) is 5.70. The van der Waals surface area contributed by atoms with Crippen LogP contribution in [0.4, 0.5) is 4.79 Å². The maximum atomic E-state index is 12.9. The second kappa shape index (κ2) is 11.4. The number of hydrazine groups is 1. The molecule has 0 saturated carbocycles. The number of carbonyl (C=O) groups is 2. The summed E-state index contributed by atoms with van der Waals surface area (Å²) in [6, 6.07) is 0. The number of piperidine rings is 1. The van der Waals surface area contributed by atoms with Crippen molar-refractivity contribution in [1.82, 2.24) is 10.4 Å². The van der Waals surface area contributed by atoms with Gasteiger partial charge >= 0.3 is 19.9 Å². The summed E-state index contributed by atoms with van der Waals surface area (Å²) in [6.45, 7) is 11.6. The average Bonchev–Trinajstić information content (AvgIpc) is 2.55. The number of hydrogen-bond acceptors (Lipinski definition) is 9. The van der Waals surface area contributed by atoms with E-state index in [-0.39, 0.29) is 25.1 Å². The van der Waals surface area contributed by atoms with E-state index in [1.165, 1.54) is 7.11 Å². The zero-order chi connectivity index (χ0) is 23.0. The SMILES string of the molecule is COC(=O)NN1CCCC(OC(=O)CCCOP(=O)(OC(C)(C)C)OC(C)(C)C)C1. The first-order valence-corrected chi connectivity index (χ1v) is 11.6. The second-order valence-corrected chi connectivity index (χ2v) is 10.6. The van der Waals surface area contributed by atoms with E-state index in [0.29, 0.717) is 19.5 Å². The molecule has 30 heavy (non-hydrogen) atoms. The third-order valence-electron chi connectivity index (χ3n) is 3.66. The number of amides is 1. The molecule has 0 spiro atoms. The lowest BCUT2D eigenvalue weighted by molar-refractivity contribution is -0.152. The monoisotopic (exact) mass is 452 g/mol. The molecular weight excluding hydrogens is 415 g/mol. The van der Waals surface area contributed by atoms with Gasteiger partial charge in [0.25, 0.3) is 0 Å². The molecule has 0 radical (unpaired) electrons. The van der Waals surface area contributed by atoms with Crippen LogP contribution in [0.1, 0.15) is 67.2 Å². The molecule has 1 saturated heterocycles. The van der Waals surface area contributed by atoms with Gasteiger partial charge in [-0.05, 0) is 60.8 Å². The van der Waals surface area contributed by atoms with Crippen LogP contribution in [0.5, 0.6) is 0 Å². The number of nitrogens with one attached hydrogen (secondary N) is 1. The Morgan fingerprint density at radius 2 is 1.70 bits per heavy atom. The van der Waals surface area contributed by atoms with E-state index in [4.69, 9.17) is 18.3 Å². The Morgan fingerprint density at radius 3 is 2.23 bits per heavy atom. The molecule has 1 heterocycles. The molecule has 1 aliphatic heterocycles. The molecule has 176 valence electrons. The smallest absolute Gasteiger partial charge is 0.461 e. The first-order valence-electron chi connectivity index (χ1n) is 10.2. The highest BCUT2D eigenvalue weighted by atomic mass is 31.2. The van der Waals surface area contributed by atoms with Crippen LogP contribution in [0.25, 0.3) is 0 Å². The molecule has 11 heteroatoms. The van der Waals surface area contributed by atoms with Crippen molar-refractivity contribution >= 4 is 19.9 Å². The van der Waals surface area contributed by atoms with Crippen LogP contribution in [-0.4, -0.2) is 61.2 Å². The second-order valence-electron chi connectivity index (χ2n) is 9.09. The number of rotatable bonds is 9. The van der Waals surface area contributed by atoms with Crippen molar-refractivity contribution in [3.8, 4) is 0 Å². The van der Waals surface area contributed by atoms with Crippen LogP contribution in [0, 0.1) is 0 Å². The molecule has 0 aromatic rings. The Hall–Kier alpha value is -1.19. The molecule has 10 nitrogen and oxygen atoms in total. The van der Waals surface area contributed by atoms with Crippen molar-refractivity contribution in [2.24, 2.45) is 0 Å². The summed E-state index contributed by atoms with van der Waals surface area (Å²) in [4.78, 5) is 23.4. The first-order chi connectivity index (χ1) is 13.7. The largest absolute Gasteiger partial charge is 0.475 e. The summed E-state index contributed by atoms with van der Waals surface area (Å²) in [5.41, 5.74) is 1.14. The van der Waals surface area contributed by atoms with Gasteiger partial charge in [-0.15, -0.1) is 0 Å². The van der Waals surface area contributed by atoms with Crippen LogP contribution >= 0.6 is 7.82 Å². The lowest BCUT2D eigenvalue weighted by Gasteiger charge is -2.32. The molecule has 0 aliphatic carbocycles. The quantitative estimate of drug-likeness (QED) is 0.317. The minimum absolute atomic E-state index is 0.0270. The van der Waals surface area contributed by atoms with Gasteiger partial charge < -0.3 is 9.47 Å². The number of nitrogens with zero attached hydrogens (tertiary/aromatic N) is 1. The highest BCUT2D eigenvalue weighted by Crippen LogP contribution is 2.55. The Bertz CT molecular complexity index is 595. The van der Waals surface area contributed by atoms with E-state index in [2.05, 4.69) is 10.2 Å². The molecule has 0 aromatic heterocycles. The summed E-state index contributed by atoms with van der Waals surface area (Å²) in [5, 5.41) is 1.67. The van der Waals surface area contributed by atoms with Crippen molar-refractivity contribution in [2.75, 3.05) is 26.8 Å². The molecule has 1 amide bonds. The molecule has 1 aliphatic rings. The van der Waals surface area contributed by atoms with Gasteiger partial charge in [0.05, 0.1) is 31.5 Å². The van der Waals surface area contributed by atoms with Crippen molar-refractivity contribution < 1.29 is 37.2 Å². The van der Waals surface area contributed by atoms with Gasteiger partial charge in [-0.2, -0.15) is 0 Å². The molecule has 1 unspecified atom stereocenters. The molecule has 0 bridgehead atoms. The van der Waals surface area contributed by atoms with Gasteiger partial charge in [0.1, 0.15) is 6.10 Å². The van der Waals surface area contributed by atoms with E-state index in [0.717, 1.165) is 12.8 Å². The molecule has 1 atom stereocenters. The standard InChI is InChI=1S/C19H37N2O8P/c1-18(2,3)28-30(24,29-19(4,5)6)26-13-9-11-16(22)27-15-10-8-12-21(14-15)20-17(23)25-7/h15H,8-14H2,1-7H3,(H,20,23). The number of ether oxygens (including phenoxy) is 2. The summed E-state index contributed by atoms with van der Waals surface area (Å²) >= 11 is 0. The summed E-state index contributed by atoms with van der Waals surface area (Å²) in [5.74, 6) is -0.383. The highest BCUT2D eigenvalue weighted by molar-refractivity contribution is 7.48. The fourth-order valence-corrected chi connectivity index (χ4v) is 4.53. The minimum Gasteiger partial charge on any atom is -0.461 e. The maximum absolute atomic E-state index is 12.9. The Balaban J connectivity index is 2.43. The van der Waals surface area contributed by atoms with Crippen LogP contribution in [0.3, 0.4) is 0 Å². The van der Waals surface area contributed by atoms with Gasteiger partial charge in [0.15, 0.2) is 0 Å². The first kappa shape index (κ1) is 26.8. The van der Waals surface area contributed by atoms with Gasteiger partial charge in [-0.1, -0.05) is 0 Å². The Kier molecular flexibility index (Phi) is 10.2. The van der Waals surface area contributed by atoms with E-state index in [1.807, 2.05) is 0 Å². The van der Waals surface area contributed by atoms with Crippen LogP contribution < -0.4 is 5.43 Å². The molecular formula is C19H37N2O8P. The van der Waals surface area contributed by atoms with E-state index < -0.39 is 25.1 Å². The Labute approximate surface area is 179 Å². The molecule has 1 fully saturated rings. The zero-order valence-corrected chi connectivity index (χ0v) is 20.1. The zero-order valence-electron chi connectivity index (χ0n) is 19.2. The van der Waals surface area contributed by atoms with Gasteiger partial charge in [-0.25, -0.2) is 14.4 Å². The average molecular weight is 452 g/mol. The van der Waals surface area contributed by atoms with Crippen molar-refractivity contribution in [2.45, 2.75) is 84.5 Å². The van der Waals surface area contributed by atoms with E-state index in [9.17, 15) is 14.2 Å². The van der Waals surface area contributed by atoms with Crippen LogP contribution in [0.15, 0.2) is 0 Å². The highest BCUT2D eigenvalue weighted by Gasteiger charge is 2.37. The number of phosphoric ester groups is 1. The summed E-state index contributed by atoms with van der Waals surface area (Å²) in [7, 11) is -2.50. The number of carbonyl (C=O) groups excluding carboxylic acids is 2. The van der Waals surface area contributed by atoms with Gasteiger partial charge in [0, 0.05) is 13.0 Å². The number of phosphoric acid groups is 1. The molecule has 1 rings (SSSR count). The predicted octanol–water partition coefficient (Wildman–Crippen LogP) is 3.80. The maximum Gasteiger partial charge on any atom is 0.475 e. The van der Waals surface area contributed by atoms with Crippen molar-refractivity contribution in [3.63, 3.8) is 0 Å². The molecule has 1 N–H and O–H groups in total. The number of methoxy groups -OCH3 is 1. The van der Waals surface area contributed by atoms with Crippen LogP contribution in [0.2, 0.25) is 0 Å². The topological polar surface area (TPSA) is 113 Å². The summed E-state index contributed by atoms with van der Waals surface area (Å²) in [6.07, 6.45) is 1.03.